The molecule has 1 atom stereocenters. The summed E-state index contributed by atoms with van der Waals surface area (Å²) in [6.07, 6.45) is 7.79. The second-order valence-electron chi connectivity index (χ2n) is 8.73. The third kappa shape index (κ3) is 5.60. The molecule has 2 aromatic carbocycles. The van der Waals surface area contributed by atoms with Crippen molar-refractivity contribution in [2.45, 2.75) is 32.2 Å². The Kier molecular flexibility index (Phi) is 7.60. The van der Waals surface area contributed by atoms with Gasteiger partial charge in [0.15, 0.2) is 0 Å². The molecule has 0 aliphatic carbocycles. The lowest BCUT2D eigenvalue weighted by atomic mass is 10.0. The van der Waals surface area contributed by atoms with Gasteiger partial charge in [0.2, 0.25) is 0 Å². The summed E-state index contributed by atoms with van der Waals surface area (Å²) in [6.45, 7) is 2.04. The molecule has 4 rings (SSSR count). The third-order valence-electron chi connectivity index (χ3n) is 6.37. The fourth-order valence-electron chi connectivity index (χ4n) is 4.41. The van der Waals surface area contributed by atoms with E-state index in [0.717, 1.165) is 34.9 Å². The Hall–Kier alpha value is -3.93. The Bertz CT molecular complexity index is 1300. The fraction of sp³-hybridized carbons (Fsp3) is 0.276. The van der Waals surface area contributed by atoms with Gasteiger partial charge in [0.25, 0.3) is 5.91 Å². The minimum Gasteiger partial charge on any atom is -0.464 e. The average Bonchev–Trinajstić information content (AvgIpc) is 3.21. The largest absolute Gasteiger partial charge is 0.464 e. The van der Waals surface area contributed by atoms with Crippen molar-refractivity contribution in [3.8, 4) is 0 Å². The van der Waals surface area contributed by atoms with Crippen LogP contribution in [0.1, 0.15) is 34.0 Å². The molecule has 1 amide bonds. The van der Waals surface area contributed by atoms with Gasteiger partial charge in [-0.1, -0.05) is 36.4 Å². The summed E-state index contributed by atoms with van der Waals surface area (Å²) in [6, 6.07) is 18.9. The van der Waals surface area contributed by atoms with Crippen LogP contribution in [0.2, 0.25) is 0 Å². The minimum absolute atomic E-state index is 0.206. The van der Waals surface area contributed by atoms with E-state index in [2.05, 4.69) is 11.1 Å². The van der Waals surface area contributed by atoms with Crippen LogP contribution in [0, 0.1) is 0 Å². The number of carbonyl (C=O) groups excluding carboxylic acids is 2. The highest BCUT2D eigenvalue weighted by molar-refractivity contribution is 5.97. The van der Waals surface area contributed by atoms with E-state index in [1.807, 2.05) is 78.6 Å². The van der Waals surface area contributed by atoms with Crippen LogP contribution in [-0.2, 0) is 35.8 Å². The van der Waals surface area contributed by atoms with Gasteiger partial charge in [0.1, 0.15) is 6.04 Å². The van der Waals surface area contributed by atoms with Crippen LogP contribution >= 0.6 is 0 Å². The smallest absolute Gasteiger partial charge is 0.329 e. The van der Waals surface area contributed by atoms with E-state index in [1.165, 1.54) is 10.5 Å². The number of amides is 1. The molecule has 0 unspecified atom stereocenters. The Balaban J connectivity index is 1.50. The van der Waals surface area contributed by atoms with E-state index in [-0.39, 0.29) is 12.5 Å². The van der Waals surface area contributed by atoms with Gasteiger partial charge in [-0.3, -0.25) is 9.78 Å². The molecule has 0 N–H and O–H groups in total. The zero-order chi connectivity index (χ0) is 24.8. The molecular weight excluding hydrogens is 438 g/mol. The highest BCUT2D eigenvalue weighted by Crippen LogP contribution is 2.23. The number of likely N-dealkylation sites (N-methyl/N-ethyl adjacent to an activating group) is 1. The molecule has 0 aliphatic rings. The standard InChI is InChI=1S/C29H31N3O3/c1-4-35-29(34)27(18-24-20-31(2)26-10-6-5-9-25(24)26)32(3)28(33)23-15-13-21(14-16-23)11-12-22-8-7-17-30-19-22/h5-10,13-17,19-20,27H,4,11-12,18H2,1-3H3/t27-/m0/s1. The lowest BCUT2D eigenvalue weighted by Crippen LogP contribution is -2.44. The zero-order valence-corrected chi connectivity index (χ0v) is 20.5. The van der Waals surface area contributed by atoms with E-state index >= 15 is 0 Å². The molecule has 2 aromatic heterocycles. The van der Waals surface area contributed by atoms with Crippen LogP contribution in [0.4, 0.5) is 0 Å². The van der Waals surface area contributed by atoms with Gasteiger partial charge in [-0.25, -0.2) is 4.79 Å². The normalized spacial score (nSPS) is 11.9. The second-order valence-corrected chi connectivity index (χ2v) is 8.73. The van der Waals surface area contributed by atoms with Crippen molar-refractivity contribution in [3.05, 3.63) is 102 Å². The topological polar surface area (TPSA) is 64.4 Å². The maximum Gasteiger partial charge on any atom is 0.329 e. The van der Waals surface area contributed by atoms with Gasteiger partial charge < -0.3 is 14.2 Å². The lowest BCUT2D eigenvalue weighted by Gasteiger charge is -2.26. The third-order valence-corrected chi connectivity index (χ3v) is 6.37. The second kappa shape index (κ2) is 11.0. The molecule has 0 bridgehead atoms. The summed E-state index contributed by atoms with van der Waals surface area (Å²) in [5.74, 6) is -0.605. The SMILES string of the molecule is CCOC(=O)[C@H](Cc1cn(C)c2ccccc12)N(C)C(=O)c1ccc(CCc2cccnc2)cc1. The molecule has 6 nitrogen and oxygen atoms in total. The summed E-state index contributed by atoms with van der Waals surface area (Å²) in [4.78, 5) is 31.9. The fourth-order valence-corrected chi connectivity index (χ4v) is 4.41. The van der Waals surface area contributed by atoms with Gasteiger partial charge in [0, 0.05) is 55.6 Å². The number of aryl methyl sites for hydroxylation is 3. The number of benzene rings is 2. The van der Waals surface area contributed by atoms with Gasteiger partial charge in [-0.05, 0) is 60.7 Å². The monoisotopic (exact) mass is 469 g/mol. The van der Waals surface area contributed by atoms with Crippen molar-refractivity contribution in [1.29, 1.82) is 0 Å². The quantitative estimate of drug-likeness (QED) is 0.336. The molecular formula is C29H31N3O3. The highest BCUT2D eigenvalue weighted by atomic mass is 16.5. The van der Waals surface area contributed by atoms with Crippen LogP contribution in [0.3, 0.4) is 0 Å². The van der Waals surface area contributed by atoms with Gasteiger partial charge in [-0.2, -0.15) is 0 Å². The molecule has 180 valence electrons. The molecule has 0 aliphatic heterocycles. The summed E-state index contributed by atoms with van der Waals surface area (Å²) in [5, 5.41) is 1.07. The van der Waals surface area contributed by atoms with Gasteiger partial charge in [0.05, 0.1) is 6.61 Å². The van der Waals surface area contributed by atoms with E-state index in [9.17, 15) is 9.59 Å². The van der Waals surface area contributed by atoms with Crippen LogP contribution in [-0.4, -0.2) is 46.0 Å². The number of aromatic nitrogens is 2. The van der Waals surface area contributed by atoms with Gasteiger partial charge >= 0.3 is 5.97 Å². The molecule has 0 radical (unpaired) electrons. The molecule has 6 heteroatoms. The van der Waals surface area contributed by atoms with E-state index in [4.69, 9.17) is 4.74 Å². The molecule has 35 heavy (non-hydrogen) atoms. The van der Waals surface area contributed by atoms with Crippen LogP contribution in [0.5, 0.6) is 0 Å². The first-order valence-electron chi connectivity index (χ1n) is 11.9. The molecule has 0 saturated carbocycles. The van der Waals surface area contributed by atoms with Crippen molar-refractivity contribution in [2.75, 3.05) is 13.7 Å². The number of carbonyl (C=O) groups is 2. The molecule has 0 saturated heterocycles. The number of ether oxygens (including phenoxy) is 1. The Morgan fingerprint density at radius 3 is 2.46 bits per heavy atom. The van der Waals surface area contributed by atoms with Crippen LogP contribution in [0.25, 0.3) is 10.9 Å². The lowest BCUT2D eigenvalue weighted by molar-refractivity contribution is -0.148. The van der Waals surface area contributed by atoms with Gasteiger partial charge in [-0.15, -0.1) is 0 Å². The Morgan fingerprint density at radius 2 is 1.74 bits per heavy atom. The highest BCUT2D eigenvalue weighted by Gasteiger charge is 2.30. The first kappa shape index (κ1) is 24.2. The summed E-state index contributed by atoms with van der Waals surface area (Å²) < 4.78 is 7.39. The predicted octanol–water partition coefficient (Wildman–Crippen LogP) is 4.60. The van der Waals surface area contributed by atoms with Crippen molar-refractivity contribution in [2.24, 2.45) is 7.05 Å². The van der Waals surface area contributed by atoms with E-state index < -0.39 is 12.0 Å². The first-order valence-corrected chi connectivity index (χ1v) is 11.9. The zero-order valence-electron chi connectivity index (χ0n) is 20.5. The summed E-state index contributed by atoms with van der Waals surface area (Å²) in [7, 11) is 3.65. The number of esters is 1. The van der Waals surface area contributed by atoms with Crippen molar-refractivity contribution >= 4 is 22.8 Å². The summed E-state index contributed by atoms with van der Waals surface area (Å²) in [5.41, 5.74) is 4.96. The number of fused-ring (bicyclic) bond motifs is 1. The molecule has 4 aromatic rings. The van der Waals surface area contributed by atoms with Crippen molar-refractivity contribution in [1.82, 2.24) is 14.5 Å². The van der Waals surface area contributed by atoms with E-state index in [0.29, 0.717) is 12.0 Å². The maximum atomic E-state index is 13.3. The maximum absolute atomic E-state index is 13.3. The van der Waals surface area contributed by atoms with Crippen LogP contribution < -0.4 is 0 Å². The van der Waals surface area contributed by atoms with Crippen LogP contribution in [0.15, 0.2) is 79.3 Å². The Labute approximate surface area is 206 Å². The Morgan fingerprint density at radius 1 is 1.00 bits per heavy atom. The number of nitrogens with zero attached hydrogens (tertiary/aromatic N) is 3. The average molecular weight is 470 g/mol. The number of rotatable bonds is 9. The number of pyridine rings is 1. The minimum atomic E-state index is -0.724. The van der Waals surface area contributed by atoms with Crippen molar-refractivity contribution < 1.29 is 14.3 Å². The van der Waals surface area contributed by atoms with Crippen molar-refractivity contribution in [3.63, 3.8) is 0 Å². The number of hydrogen-bond acceptors (Lipinski definition) is 4. The molecule has 0 fully saturated rings. The predicted molar refractivity (Wildman–Crippen MR) is 137 cm³/mol. The summed E-state index contributed by atoms with van der Waals surface area (Å²) >= 11 is 0. The first-order chi connectivity index (χ1) is 17.0. The molecule has 2 heterocycles. The number of para-hydroxylation sites is 1. The van der Waals surface area contributed by atoms with E-state index in [1.54, 1.807) is 20.2 Å². The number of hydrogen-bond donors (Lipinski definition) is 0. The molecule has 0 spiro atoms.